The molecular formula is C26H23N3O3. The summed E-state index contributed by atoms with van der Waals surface area (Å²) >= 11 is 0. The van der Waals surface area contributed by atoms with Crippen molar-refractivity contribution in [3.05, 3.63) is 83.6 Å². The molecule has 2 heterocycles. The van der Waals surface area contributed by atoms with Crippen LogP contribution in [0.4, 0.5) is 0 Å². The predicted octanol–water partition coefficient (Wildman–Crippen LogP) is 4.53. The number of hydrogen-bond acceptors (Lipinski definition) is 2. The Kier molecular flexibility index (Phi) is 4.90. The molecule has 0 aliphatic rings. The summed E-state index contributed by atoms with van der Waals surface area (Å²) in [5, 5.41) is 15.5. The molecular weight excluding hydrogens is 402 g/mol. The zero-order valence-corrected chi connectivity index (χ0v) is 17.6. The summed E-state index contributed by atoms with van der Waals surface area (Å²) in [6.45, 7) is 1.34. The Labute approximate surface area is 184 Å². The van der Waals surface area contributed by atoms with Crippen molar-refractivity contribution in [2.24, 2.45) is 0 Å². The van der Waals surface area contributed by atoms with Crippen molar-refractivity contribution < 1.29 is 14.7 Å². The molecule has 0 spiro atoms. The first-order valence-electron chi connectivity index (χ1n) is 10.6. The summed E-state index contributed by atoms with van der Waals surface area (Å²) in [6, 6.07) is 21.5. The number of benzene rings is 3. The largest absolute Gasteiger partial charge is 0.480 e. The molecule has 160 valence electrons. The number of amides is 1. The van der Waals surface area contributed by atoms with Gasteiger partial charge in [0.25, 0.3) is 0 Å². The van der Waals surface area contributed by atoms with Crippen LogP contribution in [0, 0.1) is 0 Å². The van der Waals surface area contributed by atoms with Gasteiger partial charge in [-0.1, -0.05) is 42.5 Å². The van der Waals surface area contributed by atoms with E-state index in [0.29, 0.717) is 6.42 Å². The SMILES string of the molecule is CC(=O)NC(Cc1c(Cc2ccc3[nH]c4ccccc4c3c2)[nH]c2ccccc12)C(=O)O. The number of nitrogens with one attached hydrogen (secondary N) is 3. The van der Waals surface area contributed by atoms with Crippen LogP contribution in [0.5, 0.6) is 0 Å². The predicted molar refractivity (Wildman–Crippen MR) is 126 cm³/mol. The average Bonchev–Trinajstić information content (AvgIpc) is 3.31. The third-order valence-corrected chi connectivity index (χ3v) is 5.94. The Morgan fingerprint density at radius 3 is 2.25 bits per heavy atom. The van der Waals surface area contributed by atoms with Gasteiger partial charge in [-0.25, -0.2) is 4.79 Å². The zero-order valence-electron chi connectivity index (χ0n) is 17.6. The summed E-state index contributed by atoms with van der Waals surface area (Å²) in [6.07, 6.45) is 0.843. The second-order valence-electron chi connectivity index (χ2n) is 8.15. The maximum Gasteiger partial charge on any atom is 0.326 e. The molecule has 0 aliphatic heterocycles. The van der Waals surface area contributed by atoms with E-state index in [1.807, 2.05) is 36.4 Å². The fourth-order valence-corrected chi connectivity index (χ4v) is 4.50. The first-order valence-corrected chi connectivity index (χ1v) is 10.6. The number of aromatic amines is 2. The first-order chi connectivity index (χ1) is 15.5. The lowest BCUT2D eigenvalue weighted by Gasteiger charge is -2.14. The van der Waals surface area contributed by atoms with Crippen LogP contribution in [0.25, 0.3) is 32.7 Å². The number of hydrogen-bond donors (Lipinski definition) is 4. The van der Waals surface area contributed by atoms with Crippen LogP contribution in [0.15, 0.2) is 66.7 Å². The average molecular weight is 425 g/mol. The van der Waals surface area contributed by atoms with E-state index in [0.717, 1.165) is 44.1 Å². The molecule has 1 amide bonds. The number of para-hydroxylation sites is 2. The van der Waals surface area contributed by atoms with Gasteiger partial charge in [-0.15, -0.1) is 0 Å². The molecule has 2 aromatic heterocycles. The van der Waals surface area contributed by atoms with E-state index in [1.54, 1.807) is 0 Å². The van der Waals surface area contributed by atoms with Crippen molar-refractivity contribution in [2.75, 3.05) is 0 Å². The highest BCUT2D eigenvalue weighted by Crippen LogP contribution is 2.29. The molecule has 3 aromatic carbocycles. The van der Waals surface area contributed by atoms with Crippen molar-refractivity contribution in [3.63, 3.8) is 0 Å². The fraction of sp³-hybridized carbons (Fsp3) is 0.154. The molecule has 4 N–H and O–H groups in total. The first kappa shape index (κ1) is 19.9. The maximum atomic E-state index is 11.8. The van der Waals surface area contributed by atoms with Crippen molar-refractivity contribution in [3.8, 4) is 0 Å². The van der Waals surface area contributed by atoms with Gasteiger partial charge in [0.2, 0.25) is 5.91 Å². The summed E-state index contributed by atoms with van der Waals surface area (Å²) < 4.78 is 0. The third kappa shape index (κ3) is 3.60. The molecule has 0 radical (unpaired) electrons. The number of carboxylic acid groups (broad SMARTS) is 1. The number of aromatic nitrogens is 2. The zero-order chi connectivity index (χ0) is 22.2. The molecule has 5 aromatic rings. The van der Waals surface area contributed by atoms with Crippen LogP contribution in [0.3, 0.4) is 0 Å². The maximum absolute atomic E-state index is 11.8. The number of carbonyl (C=O) groups is 2. The highest BCUT2D eigenvalue weighted by Gasteiger charge is 2.23. The van der Waals surface area contributed by atoms with Crippen LogP contribution >= 0.6 is 0 Å². The van der Waals surface area contributed by atoms with Crippen molar-refractivity contribution >= 4 is 44.6 Å². The quantitative estimate of drug-likeness (QED) is 0.322. The van der Waals surface area contributed by atoms with Crippen LogP contribution in [-0.4, -0.2) is 33.0 Å². The van der Waals surface area contributed by atoms with Gasteiger partial charge in [-0.05, 0) is 35.4 Å². The van der Waals surface area contributed by atoms with Crippen molar-refractivity contribution in [1.82, 2.24) is 15.3 Å². The Hall–Kier alpha value is -4.06. The van der Waals surface area contributed by atoms with Crippen molar-refractivity contribution in [1.29, 1.82) is 0 Å². The van der Waals surface area contributed by atoms with E-state index >= 15 is 0 Å². The molecule has 0 aliphatic carbocycles. The Bertz CT molecular complexity index is 1480. The normalized spacial score (nSPS) is 12.4. The molecule has 0 saturated heterocycles. The van der Waals surface area contributed by atoms with Crippen molar-refractivity contribution in [2.45, 2.75) is 25.8 Å². The van der Waals surface area contributed by atoms with E-state index in [4.69, 9.17) is 0 Å². The van der Waals surface area contributed by atoms with Crippen LogP contribution < -0.4 is 5.32 Å². The molecule has 0 bridgehead atoms. The van der Waals surface area contributed by atoms with Crippen LogP contribution in [0.2, 0.25) is 0 Å². The van der Waals surface area contributed by atoms with Gasteiger partial charge >= 0.3 is 5.97 Å². The molecule has 1 atom stereocenters. The minimum atomic E-state index is -1.04. The van der Waals surface area contributed by atoms with E-state index < -0.39 is 12.0 Å². The number of fused-ring (bicyclic) bond motifs is 4. The van der Waals surface area contributed by atoms with E-state index in [9.17, 15) is 14.7 Å². The number of aliphatic carboxylic acids is 1. The highest BCUT2D eigenvalue weighted by molar-refractivity contribution is 6.07. The lowest BCUT2D eigenvalue weighted by atomic mass is 9.98. The third-order valence-electron chi connectivity index (χ3n) is 5.94. The van der Waals surface area contributed by atoms with E-state index in [1.165, 1.54) is 12.3 Å². The van der Waals surface area contributed by atoms with E-state index in [2.05, 4.69) is 45.6 Å². The number of H-pyrrole nitrogens is 2. The molecule has 6 heteroatoms. The fourth-order valence-electron chi connectivity index (χ4n) is 4.50. The topological polar surface area (TPSA) is 98.0 Å². The standard InChI is InChI=1S/C26H23N3O3/c1-15(30)27-25(26(31)32)14-20-18-7-3-5-9-22(18)29-24(20)13-16-10-11-23-19(12-16)17-6-2-4-8-21(17)28-23/h2-12,25,28-29H,13-14H2,1H3,(H,27,30)(H,31,32). The van der Waals surface area contributed by atoms with Gasteiger partial charge < -0.3 is 20.4 Å². The van der Waals surface area contributed by atoms with Crippen LogP contribution in [-0.2, 0) is 22.4 Å². The molecule has 0 saturated carbocycles. The Morgan fingerprint density at radius 1 is 0.875 bits per heavy atom. The minimum Gasteiger partial charge on any atom is -0.480 e. The lowest BCUT2D eigenvalue weighted by molar-refractivity contribution is -0.141. The van der Waals surface area contributed by atoms with Gasteiger partial charge in [0, 0.05) is 58.2 Å². The van der Waals surface area contributed by atoms with Gasteiger partial charge in [0.15, 0.2) is 0 Å². The summed E-state index contributed by atoms with van der Waals surface area (Å²) in [5.74, 6) is -1.40. The van der Waals surface area contributed by atoms with Gasteiger partial charge in [0.1, 0.15) is 6.04 Å². The highest BCUT2D eigenvalue weighted by atomic mass is 16.4. The number of rotatable bonds is 6. The van der Waals surface area contributed by atoms with Gasteiger partial charge in [-0.3, -0.25) is 4.79 Å². The molecule has 32 heavy (non-hydrogen) atoms. The van der Waals surface area contributed by atoms with E-state index in [-0.39, 0.29) is 12.3 Å². The van der Waals surface area contributed by atoms with Crippen LogP contribution in [0.1, 0.15) is 23.7 Å². The number of carbonyl (C=O) groups excluding carboxylic acids is 1. The number of carboxylic acids is 1. The molecule has 5 rings (SSSR count). The molecule has 1 unspecified atom stereocenters. The molecule has 0 fully saturated rings. The van der Waals surface area contributed by atoms with Gasteiger partial charge in [-0.2, -0.15) is 0 Å². The molecule has 6 nitrogen and oxygen atoms in total. The second kappa shape index (κ2) is 7.89. The summed E-state index contributed by atoms with van der Waals surface area (Å²) in [7, 11) is 0. The summed E-state index contributed by atoms with van der Waals surface area (Å²) in [5.41, 5.74) is 6.15. The smallest absolute Gasteiger partial charge is 0.326 e. The second-order valence-corrected chi connectivity index (χ2v) is 8.15. The Balaban J connectivity index is 1.56. The van der Waals surface area contributed by atoms with Gasteiger partial charge in [0.05, 0.1) is 0 Å². The summed E-state index contributed by atoms with van der Waals surface area (Å²) in [4.78, 5) is 30.2. The Morgan fingerprint density at radius 2 is 1.53 bits per heavy atom. The minimum absolute atomic E-state index is 0.212. The lowest BCUT2D eigenvalue weighted by Crippen LogP contribution is -2.41. The monoisotopic (exact) mass is 425 g/mol.